The lowest BCUT2D eigenvalue weighted by Gasteiger charge is -2.36. The van der Waals surface area contributed by atoms with Crippen LogP contribution in [-0.2, 0) is 4.74 Å². The molecule has 0 aromatic heterocycles. The molecule has 1 fully saturated rings. The Morgan fingerprint density at radius 3 is 2.54 bits per heavy atom. The van der Waals surface area contributed by atoms with Crippen molar-refractivity contribution in [2.24, 2.45) is 4.99 Å². The van der Waals surface area contributed by atoms with Gasteiger partial charge < -0.3 is 15.0 Å². The van der Waals surface area contributed by atoms with Gasteiger partial charge in [0.1, 0.15) is 0 Å². The molecule has 0 atom stereocenters. The predicted molar refractivity (Wildman–Crippen MR) is 112 cm³/mol. The van der Waals surface area contributed by atoms with Crippen LogP contribution < -0.4 is 5.32 Å². The molecule has 0 amide bonds. The fraction of sp³-hybridized carbons (Fsp3) is 0.500. The zero-order valence-electron chi connectivity index (χ0n) is 14.6. The van der Waals surface area contributed by atoms with E-state index in [2.05, 4.69) is 56.5 Å². The molecular formula is C18H29IN4O. The van der Waals surface area contributed by atoms with E-state index in [9.17, 15) is 0 Å². The van der Waals surface area contributed by atoms with Crippen LogP contribution in [0.15, 0.2) is 41.4 Å². The molecule has 1 N–H and O–H groups in total. The predicted octanol–water partition coefficient (Wildman–Crippen LogP) is 2.16. The van der Waals surface area contributed by atoms with Gasteiger partial charge in [0.25, 0.3) is 0 Å². The normalized spacial score (nSPS) is 16.2. The number of nitrogens with zero attached hydrogens (tertiary/aromatic N) is 3. The summed E-state index contributed by atoms with van der Waals surface area (Å²) in [6, 6.07) is 10.4. The van der Waals surface area contributed by atoms with E-state index in [-0.39, 0.29) is 24.0 Å². The van der Waals surface area contributed by atoms with Crippen molar-refractivity contribution in [3.8, 4) is 0 Å². The number of methoxy groups -OCH3 is 1. The smallest absolute Gasteiger partial charge is 0.193 e. The van der Waals surface area contributed by atoms with Crippen molar-refractivity contribution >= 4 is 36.0 Å². The molecule has 0 radical (unpaired) electrons. The van der Waals surface area contributed by atoms with Crippen LogP contribution in [0.1, 0.15) is 5.56 Å². The van der Waals surface area contributed by atoms with Crippen molar-refractivity contribution in [2.75, 3.05) is 60.0 Å². The van der Waals surface area contributed by atoms with E-state index in [1.807, 2.05) is 13.1 Å². The number of aliphatic imine (C=N–C) groups is 1. The maximum atomic E-state index is 5.07. The number of piperazine rings is 1. The van der Waals surface area contributed by atoms with Crippen molar-refractivity contribution in [3.05, 3.63) is 42.0 Å². The average molecular weight is 444 g/mol. The summed E-state index contributed by atoms with van der Waals surface area (Å²) in [4.78, 5) is 9.14. The third kappa shape index (κ3) is 7.19. The van der Waals surface area contributed by atoms with Crippen LogP contribution in [-0.4, -0.2) is 75.8 Å². The summed E-state index contributed by atoms with van der Waals surface area (Å²) in [5, 5.41) is 3.34. The van der Waals surface area contributed by atoms with Crippen molar-refractivity contribution in [1.29, 1.82) is 0 Å². The Labute approximate surface area is 162 Å². The first-order valence-corrected chi connectivity index (χ1v) is 8.22. The fourth-order valence-corrected chi connectivity index (χ4v) is 2.64. The summed E-state index contributed by atoms with van der Waals surface area (Å²) in [6.45, 7) is 6.62. The molecule has 1 aliphatic rings. The zero-order chi connectivity index (χ0) is 16.3. The van der Waals surface area contributed by atoms with Gasteiger partial charge in [-0.3, -0.25) is 9.89 Å². The first kappa shape index (κ1) is 20.9. The zero-order valence-corrected chi connectivity index (χ0v) is 17.0. The number of hydrogen-bond donors (Lipinski definition) is 1. The second kappa shape index (κ2) is 12.3. The van der Waals surface area contributed by atoms with Gasteiger partial charge in [-0.2, -0.15) is 0 Å². The molecule has 1 saturated heterocycles. The van der Waals surface area contributed by atoms with Crippen molar-refractivity contribution in [3.63, 3.8) is 0 Å². The Morgan fingerprint density at radius 1 is 1.21 bits per heavy atom. The summed E-state index contributed by atoms with van der Waals surface area (Å²) < 4.78 is 5.07. The number of rotatable bonds is 6. The molecule has 134 valence electrons. The molecule has 5 nitrogen and oxygen atoms in total. The van der Waals surface area contributed by atoms with Crippen LogP contribution in [0.2, 0.25) is 0 Å². The largest absolute Gasteiger partial charge is 0.383 e. The van der Waals surface area contributed by atoms with E-state index in [4.69, 9.17) is 4.74 Å². The highest BCUT2D eigenvalue weighted by molar-refractivity contribution is 14.0. The molecule has 0 spiro atoms. The lowest BCUT2D eigenvalue weighted by atomic mass is 10.2. The Kier molecular flexibility index (Phi) is 10.7. The first-order valence-electron chi connectivity index (χ1n) is 8.22. The van der Waals surface area contributed by atoms with Crippen LogP contribution in [0.25, 0.3) is 6.08 Å². The van der Waals surface area contributed by atoms with Crippen LogP contribution in [0.4, 0.5) is 0 Å². The summed E-state index contributed by atoms with van der Waals surface area (Å²) in [5.74, 6) is 0.974. The van der Waals surface area contributed by atoms with Gasteiger partial charge in [0.15, 0.2) is 5.96 Å². The van der Waals surface area contributed by atoms with Gasteiger partial charge in [0, 0.05) is 53.4 Å². The lowest BCUT2D eigenvalue weighted by Crippen LogP contribution is -2.52. The van der Waals surface area contributed by atoms with Gasteiger partial charge in [0.2, 0.25) is 0 Å². The van der Waals surface area contributed by atoms with Gasteiger partial charge in [0.05, 0.1) is 6.61 Å². The van der Waals surface area contributed by atoms with Crippen LogP contribution >= 0.6 is 24.0 Å². The minimum Gasteiger partial charge on any atom is -0.383 e. The number of halogens is 1. The molecule has 0 unspecified atom stereocenters. The summed E-state index contributed by atoms with van der Waals surface area (Å²) in [6.07, 6.45) is 4.44. The molecule has 2 rings (SSSR count). The van der Waals surface area contributed by atoms with Crippen molar-refractivity contribution in [1.82, 2.24) is 15.1 Å². The molecule has 1 aromatic carbocycles. The summed E-state index contributed by atoms with van der Waals surface area (Å²) in [5.41, 5.74) is 1.26. The summed E-state index contributed by atoms with van der Waals surface area (Å²) >= 11 is 0. The van der Waals surface area contributed by atoms with E-state index in [1.165, 1.54) is 5.56 Å². The van der Waals surface area contributed by atoms with Crippen LogP contribution in [0.3, 0.4) is 0 Å². The molecule has 1 aliphatic heterocycles. The van der Waals surface area contributed by atoms with Crippen molar-refractivity contribution in [2.45, 2.75) is 0 Å². The van der Waals surface area contributed by atoms with Gasteiger partial charge in [-0.25, -0.2) is 0 Å². The maximum Gasteiger partial charge on any atom is 0.193 e. The molecule has 0 bridgehead atoms. The van der Waals surface area contributed by atoms with E-state index >= 15 is 0 Å². The SMILES string of the molecule is CN=C(NCCOC)N1CCN(CC=Cc2ccccc2)CC1.I. The maximum absolute atomic E-state index is 5.07. The Balaban J connectivity index is 0.00000288. The summed E-state index contributed by atoms with van der Waals surface area (Å²) in [7, 11) is 3.55. The van der Waals surface area contributed by atoms with Gasteiger partial charge in [-0.15, -0.1) is 24.0 Å². The van der Waals surface area contributed by atoms with Gasteiger partial charge in [-0.1, -0.05) is 42.5 Å². The average Bonchev–Trinajstić information content (AvgIpc) is 2.61. The molecule has 1 aromatic rings. The number of nitrogens with one attached hydrogen (secondary N) is 1. The fourth-order valence-electron chi connectivity index (χ4n) is 2.64. The number of ether oxygens (including phenoxy) is 1. The standard InChI is InChI=1S/C18H28N4O.HI/c1-19-18(20-10-16-23-2)22-14-12-21(13-15-22)11-6-9-17-7-4-3-5-8-17;/h3-9H,10-16H2,1-2H3,(H,19,20);1H. The minimum atomic E-state index is 0. The lowest BCUT2D eigenvalue weighted by molar-refractivity contribution is 0.187. The Bertz CT molecular complexity index is 499. The first-order chi connectivity index (χ1) is 11.3. The highest BCUT2D eigenvalue weighted by Gasteiger charge is 2.18. The molecule has 24 heavy (non-hydrogen) atoms. The molecule has 0 aliphatic carbocycles. The highest BCUT2D eigenvalue weighted by Crippen LogP contribution is 2.04. The van der Waals surface area contributed by atoms with Gasteiger partial charge in [-0.05, 0) is 5.56 Å². The molecule has 1 heterocycles. The van der Waals surface area contributed by atoms with E-state index < -0.39 is 0 Å². The Hall–Kier alpha value is -1.12. The third-order valence-electron chi connectivity index (χ3n) is 3.95. The quantitative estimate of drug-likeness (QED) is 0.316. The highest BCUT2D eigenvalue weighted by atomic mass is 127. The van der Waals surface area contributed by atoms with Gasteiger partial charge >= 0.3 is 0 Å². The molecule has 6 heteroatoms. The van der Waals surface area contributed by atoms with Crippen molar-refractivity contribution < 1.29 is 4.74 Å². The number of guanidine groups is 1. The molecular weight excluding hydrogens is 415 g/mol. The van der Waals surface area contributed by atoms with E-state index in [1.54, 1.807) is 7.11 Å². The van der Waals surface area contributed by atoms with E-state index in [0.29, 0.717) is 6.61 Å². The Morgan fingerprint density at radius 2 is 1.92 bits per heavy atom. The second-order valence-corrected chi connectivity index (χ2v) is 5.57. The topological polar surface area (TPSA) is 40.1 Å². The van der Waals surface area contributed by atoms with E-state index in [0.717, 1.165) is 45.2 Å². The second-order valence-electron chi connectivity index (χ2n) is 5.57. The number of benzene rings is 1. The number of hydrogen-bond acceptors (Lipinski definition) is 3. The van der Waals surface area contributed by atoms with Crippen LogP contribution in [0.5, 0.6) is 0 Å². The monoisotopic (exact) mass is 444 g/mol. The van der Waals surface area contributed by atoms with Crippen LogP contribution in [0, 0.1) is 0 Å². The molecule has 0 saturated carbocycles. The third-order valence-corrected chi connectivity index (χ3v) is 3.95. The minimum absolute atomic E-state index is 0.